The quantitative estimate of drug-likeness (QED) is 0.810. The SMILES string of the molecule is CCc1nc(C)cn1C(CC)(CN(C)C)c1ccccc1. The molecule has 0 saturated carbocycles. The van der Waals surface area contributed by atoms with Crippen molar-refractivity contribution in [1.29, 1.82) is 0 Å². The molecule has 21 heavy (non-hydrogen) atoms. The van der Waals surface area contributed by atoms with Gasteiger partial charge >= 0.3 is 0 Å². The highest BCUT2D eigenvalue weighted by Gasteiger charge is 2.34. The molecular formula is C18H27N3. The predicted molar refractivity (Wildman–Crippen MR) is 88.7 cm³/mol. The zero-order chi connectivity index (χ0) is 15.5. The number of aryl methyl sites for hydroxylation is 2. The molecule has 2 rings (SSSR count). The van der Waals surface area contributed by atoms with Crippen LogP contribution in [0.15, 0.2) is 36.5 Å². The van der Waals surface area contributed by atoms with Crippen LogP contribution >= 0.6 is 0 Å². The van der Waals surface area contributed by atoms with E-state index in [2.05, 4.69) is 80.9 Å². The average molecular weight is 285 g/mol. The summed E-state index contributed by atoms with van der Waals surface area (Å²) in [5.74, 6) is 1.17. The van der Waals surface area contributed by atoms with Crippen LogP contribution in [0.4, 0.5) is 0 Å². The molecule has 0 spiro atoms. The molecule has 3 nitrogen and oxygen atoms in total. The molecule has 0 N–H and O–H groups in total. The Morgan fingerprint density at radius 3 is 2.33 bits per heavy atom. The van der Waals surface area contributed by atoms with Gasteiger partial charge in [0.25, 0.3) is 0 Å². The van der Waals surface area contributed by atoms with E-state index < -0.39 is 0 Å². The minimum Gasteiger partial charge on any atom is -0.323 e. The van der Waals surface area contributed by atoms with Gasteiger partial charge in [0.05, 0.1) is 11.2 Å². The summed E-state index contributed by atoms with van der Waals surface area (Å²) in [6.07, 6.45) is 4.20. The highest BCUT2D eigenvalue weighted by Crippen LogP contribution is 2.32. The summed E-state index contributed by atoms with van der Waals surface area (Å²) in [4.78, 5) is 6.99. The van der Waals surface area contributed by atoms with Crippen LogP contribution in [0.3, 0.4) is 0 Å². The molecule has 1 unspecified atom stereocenters. The van der Waals surface area contributed by atoms with Crippen molar-refractivity contribution >= 4 is 0 Å². The first-order valence-electron chi connectivity index (χ1n) is 7.79. The summed E-state index contributed by atoms with van der Waals surface area (Å²) in [7, 11) is 4.28. The third-order valence-electron chi connectivity index (χ3n) is 4.15. The van der Waals surface area contributed by atoms with E-state index >= 15 is 0 Å². The van der Waals surface area contributed by atoms with E-state index in [-0.39, 0.29) is 5.54 Å². The van der Waals surface area contributed by atoms with E-state index in [0.29, 0.717) is 0 Å². The Labute approximate surface area is 128 Å². The lowest BCUT2D eigenvalue weighted by molar-refractivity contribution is 0.231. The second kappa shape index (κ2) is 6.44. The number of hydrogen-bond acceptors (Lipinski definition) is 2. The van der Waals surface area contributed by atoms with Crippen LogP contribution in [-0.4, -0.2) is 35.1 Å². The van der Waals surface area contributed by atoms with Gasteiger partial charge < -0.3 is 9.47 Å². The second-order valence-electron chi connectivity index (χ2n) is 6.01. The van der Waals surface area contributed by atoms with Crippen molar-refractivity contribution < 1.29 is 0 Å². The summed E-state index contributed by atoms with van der Waals surface area (Å²) >= 11 is 0. The Morgan fingerprint density at radius 1 is 1.14 bits per heavy atom. The molecule has 0 aliphatic heterocycles. The minimum absolute atomic E-state index is 0.0582. The molecule has 2 aromatic rings. The Balaban J connectivity index is 2.64. The van der Waals surface area contributed by atoms with Crippen molar-refractivity contribution in [2.75, 3.05) is 20.6 Å². The number of rotatable bonds is 6. The number of likely N-dealkylation sites (N-methyl/N-ethyl adjacent to an activating group) is 1. The second-order valence-corrected chi connectivity index (χ2v) is 6.01. The molecule has 0 saturated heterocycles. The number of imidazole rings is 1. The normalized spacial score (nSPS) is 14.4. The molecule has 3 heteroatoms. The third-order valence-corrected chi connectivity index (χ3v) is 4.15. The Bertz CT molecular complexity index is 571. The van der Waals surface area contributed by atoms with E-state index in [1.54, 1.807) is 0 Å². The monoisotopic (exact) mass is 285 g/mol. The molecule has 0 aliphatic carbocycles. The number of nitrogens with zero attached hydrogens (tertiary/aromatic N) is 3. The first-order valence-corrected chi connectivity index (χ1v) is 7.79. The van der Waals surface area contributed by atoms with Crippen LogP contribution in [-0.2, 0) is 12.0 Å². The predicted octanol–water partition coefficient (Wildman–Crippen LogP) is 3.47. The first kappa shape index (κ1) is 15.8. The molecule has 0 bridgehead atoms. The fourth-order valence-corrected chi connectivity index (χ4v) is 3.23. The van der Waals surface area contributed by atoms with Crippen molar-refractivity contribution in [3.8, 4) is 0 Å². The number of hydrogen-bond donors (Lipinski definition) is 0. The fraction of sp³-hybridized carbons (Fsp3) is 0.500. The van der Waals surface area contributed by atoms with Gasteiger partial charge in [-0.15, -0.1) is 0 Å². The van der Waals surface area contributed by atoms with Crippen molar-refractivity contribution in [2.45, 2.75) is 39.2 Å². The lowest BCUT2D eigenvalue weighted by Gasteiger charge is -2.38. The summed E-state index contributed by atoms with van der Waals surface area (Å²) < 4.78 is 2.40. The lowest BCUT2D eigenvalue weighted by Crippen LogP contribution is -2.44. The zero-order valence-corrected chi connectivity index (χ0v) is 13.9. The molecule has 114 valence electrons. The Hall–Kier alpha value is -1.61. The number of aromatic nitrogens is 2. The maximum absolute atomic E-state index is 4.72. The van der Waals surface area contributed by atoms with Gasteiger partial charge in [0.1, 0.15) is 5.82 Å². The highest BCUT2D eigenvalue weighted by molar-refractivity contribution is 5.28. The van der Waals surface area contributed by atoms with Gasteiger partial charge in [-0.3, -0.25) is 0 Å². The lowest BCUT2D eigenvalue weighted by atomic mass is 9.86. The molecule has 0 aliphatic rings. The first-order chi connectivity index (χ1) is 10.0. The van der Waals surface area contributed by atoms with Crippen molar-refractivity contribution in [1.82, 2.24) is 14.5 Å². The molecule has 0 fully saturated rings. The Kier molecular flexibility index (Phi) is 4.84. The van der Waals surface area contributed by atoms with Gasteiger partial charge in [-0.25, -0.2) is 4.98 Å². The van der Waals surface area contributed by atoms with Gasteiger partial charge in [-0.05, 0) is 33.0 Å². The van der Waals surface area contributed by atoms with Crippen LogP contribution in [0.2, 0.25) is 0 Å². The van der Waals surface area contributed by atoms with Crippen LogP contribution < -0.4 is 0 Å². The molecule has 0 radical (unpaired) electrons. The Morgan fingerprint density at radius 2 is 1.81 bits per heavy atom. The maximum atomic E-state index is 4.72. The largest absolute Gasteiger partial charge is 0.323 e. The van der Waals surface area contributed by atoms with E-state index in [4.69, 9.17) is 4.98 Å². The van der Waals surface area contributed by atoms with E-state index in [9.17, 15) is 0 Å². The van der Waals surface area contributed by atoms with E-state index in [0.717, 1.165) is 25.1 Å². The van der Waals surface area contributed by atoms with Crippen LogP contribution in [0.25, 0.3) is 0 Å². The average Bonchev–Trinajstić information content (AvgIpc) is 2.87. The highest BCUT2D eigenvalue weighted by atomic mass is 15.2. The molecule has 1 aromatic carbocycles. The molecule has 1 aromatic heterocycles. The van der Waals surface area contributed by atoms with Gasteiger partial charge in [0.15, 0.2) is 0 Å². The van der Waals surface area contributed by atoms with E-state index in [1.807, 2.05) is 0 Å². The van der Waals surface area contributed by atoms with Crippen LogP contribution in [0, 0.1) is 6.92 Å². The van der Waals surface area contributed by atoms with Crippen molar-refractivity contribution in [3.63, 3.8) is 0 Å². The van der Waals surface area contributed by atoms with Gasteiger partial charge in [-0.2, -0.15) is 0 Å². The fourth-order valence-electron chi connectivity index (χ4n) is 3.23. The van der Waals surface area contributed by atoms with Gasteiger partial charge in [0, 0.05) is 19.2 Å². The summed E-state index contributed by atoms with van der Waals surface area (Å²) in [5, 5.41) is 0. The molecular weight excluding hydrogens is 258 g/mol. The van der Waals surface area contributed by atoms with Gasteiger partial charge in [-0.1, -0.05) is 44.2 Å². The summed E-state index contributed by atoms with van der Waals surface area (Å²) in [6, 6.07) is 10.8. The summed E-state index contributed by atoms with van der Waals surface area (Å²) in [5.41, 5.74) is 2.39. The smallest absolute Gasteiger partial charge is 0.109 e. The van der Waals surface area contributed by atoms with Crippen molar-refractivity contribution in [3.05, 3.63) is 53.6 Å². The van der Waals surface area contributed by atoms with Gasteiger partial charge in [0.2, 0.25) is 0 Å². The maximum Gasteiger partial charge on any atom is 0.109 e. The number of benzene rings is 1. The van der Waals surface area contributed by atoms with E-state index in [1.165, 1.54) is 11.4 Å². The molecule has 1 heterocycles. The molecule has 0 amide bonds. The summed E-state index contributed by atoms with van der Waals surface area (Å²) in [6.45, 7) is 7.50. The zero-order valence-electron chi connectivity index (χ0n) is 13.9. The standard InChI is InChI=1S/C18H27N3/c1-6-17-19-15(3)13-21(17)18(7-2,14-20(4)5)16-11-9-8-10-12-16/h8-13H,6-7,14H2,1-5H3. The molecule has 1 atom stereocenters. The van der Waals surface area contributed by atoms with Crippen LogP contribution in [0.1, 0.15) is 37.4 Å². The minimum atomic E-state index is -0.0582. The topological polar surface area (TPSA) is 21.1 Å². The van der Waals surface area contributed by atoms with Crippen molar-refractivity contribution in [2.24, 2.45) is 0 Å². The third kappa shape index (κ3) is 3.03. The van der Waals surface area contributed by atoms with Crippen LogP contribution in [0.5, 0.6) is 0 Å².